The first-order valence-corrected chi connectivity index (χ1v) is 9.05. The van der Waals surface area contributed by atoms with Crippen LogP contribution in [0.4, 0.5) is 5.69 Å². The van der Waals surface area contributed by atoms with E-state index in [0.29, 0.717) is 28.5 Å². The lowest BCUT2D eigenvalue weighted by Crippen LogP contribution is -2.20. The van der Waals surface area contributed by atoms with Crippen LogP contribution in [0.15, 0.2) is 42.5 Å². The molecule has 0 saturated carbocycles. The maximum Gasteiger partial charge on any atom is 0.331 e. The Balaban J connectivity index is 1.97. The summed E-state index contributed by atoms with van der Waals surface area (Å²) in [6.07, 6.45) is 3.55. The van der Waals surface area contributed by atoms with E-state index in [0.717, 1.165) is 12.0 Å². The molecule has 2 rings (SSSR count). The predicted molar refractivity (Wildman–Crippen MR) is 111 cm³/mol. The summed E-state index contributed by atoms with van der Waals surface area (Å²) < 4.78 is 20.8. The van der Waals surface area contributed by atoms with E-state index in [1.807, 2.05) is 31.2 Å². The number of ether oxygens (including phenoxy) is 4. The summed E-state index contributed by atoms with van der Waals surface area (Å²) in [6.45, 7) is 1.62. The molecule has 2 aromatic carbocycles. The van der Waals surface area contributed by atoms with Gasteiger partial charge in [-0.2, -0.15) is 0 Å². The third kappa shape index (κ3) is 6.00. The number of rotatable bonds is 9. The van der Waals surface area contributed by atoms with Crippen LogP contribution in [-0.2, 0) is 20.7 Å². The number of nitrogens with one attached hydrogen (secondary N) is 1. The Morgan fingerprint density at radius 3 is 2.24 bits per heavy atom. The number of hydrogen-bond acceptors (Lipinski definition) is 6. The molecule has 29 heavy (non-hydrogen) atoms. The highest BCUT2D eigenvalue weighted by Crippen LogP contribution is 2.38. The van der Waals surface area contributed by atoms with E-state index in [1.165, 1.54) is 33.5 Å². The van der Waals surface area contributed by atoms with Crippen molar-refractivity contribution in [3.05, 3.63) is 53.6 Å². The Morgan fingerprint density at radius 1 is 1.00 bits per heavy atom. The predicted octanol–water partition coefficient (Wildman–Crippen LogP) is 3.47. The molecule has 2 aromatic rings. The van der Waals surface area contributed by atoms with Crippen LogP contribution in [0.5, 0.6) is 17.2 Å². The summed E-state index contributed by atoms with van der Waals surface area (Å²) in [5.41, 5.74) is 2.37. The number of carbonyl (C=O) groups is 2. The van der Waals surface area contributed by atoms with Crippen LogP contribution < -0.4 is 19.5 Å². The van der Waals surface area contributed by atoms with Crippen molar-refractivity contribution in [3.8, 4) is 17.2 Å². The number of carbonyl (C=O) groups excluding carboxylic acids is 2. The number of amides is 1. The van der Waals surface area contributed by atoms with Crippen molar-refractivity contribution >= 4 is 23.6 Å². The van der Waals surface area contributed by atoms with Crippen molar-refractivity contribution in [2.75, 3.05) is 33.3 Å². The van der Waals surface area contributed by atoms with Gasteiger partial charge in [-0.3, -0.25) is 4.79 Å². The monoisotopic (exact) mass is 399 g/mol. The van der Waals surface area contributed by atoms with E-state index in [9.17, 15) is 9.59 Å². The first kappa shape index (κ1) is 21.8. The molecule has 0 heterocycles. The molecule has 7 nitrogen and oxygen atoms in total. The molecule has 1 N–H and O–H groups in total. The summed E-state index contributed by atoms with van der Waals surface area (Å²) in [4.78, 5) is 24.0. The van der Waals surface area contributed by atoms with E-state index < -0.39 is 11.9 Å². The number of esters is 1. The van der Waals surface area contributed by atoms with Crippen LogP contribution in [0.25, 0.3) is 6.08 Å². The summed E-state index contributed by atoms with van der Waals surface area (Å²) in [6, 6.07) is 10.9. The van der Waals surface area contributed by atoms with Crippen molar-refractivity contribution in [1.29, 1.82) is 0 Å². The van der Waals surface area contributed by atoms with E-state index in [-0.39, 0.29) is 6.61 Å². The summed E-state index contributed by atoms with van der Waals surface area (Å²) in [5.74, 6) is 0.347. The summed E-state index contributed by atoms with van der Waals surface area (Å²) in [7, 11) is 4.53. The Morgan fingerprint density at radius 2 is 1.66 bits per heavy atom. The van der Waals surface area contributed by atoms with Crippen molar-refractivity contribution in [2.24, 2.45) is 0 Å². The standard InChI is InChI=1S/C22H25NO6/c1-5-16-8-6-7-9-17(16)23-20(24)14-29-21(25)11-10-15-12-18(26-2)22(28-4)19(13-15)27-3/h6-13H,5,14H2,1-4H3,(H,23,24)/b11-10+. The number of hydrogen-bond donors (Lipinski definition) is 1. The van der Waals surface area contributed by atoms with Crippen molar-refractivity contribution in [3.63, 3.8) is 0 Å². The average molecular weight is 399 g/mol. The lowest BCUT2D eigenvalue weighted by atomic mass is 10.1. The van der Waals surface area contributed by atoms with Gasteiger partial charge >= 0.3 is 5.97 Å². The molecule has 0 unspecified atom stereocenters. The molecule has 7 heteroatoms. The van der Waals surface area contributed by atoms with E-state index >= 15 is 0 Å². The largest absolute Gasteiger partial charge is 0.493 e. The molecule has 154 valence electrons. The zero-order valence-electron chi connectivity index (χ0n) is 17.0. The van der Waals surface area contributed by atoms with Gasteiger partial charge in [-0.15, -0.1) is 0 Å². The van der Waals surface area contributed by atoms with Crippen molar-refractivity contribution in [1.82, 2.24) is 0 Å². The Hall–Kier alpha value is -3.48. The fourth-order valence-corrected chi connectivity index (χ4v) is 2.68. The summed E-state index contributed by atoms with van der Waals surface area (Å²) >= 11 is 0. The fraction of sp³-hybridized carbons (Fsp3) is 0.273. The number of anilines is 1. The van der Waals surface area contributed by atoms with Gasteiger partial charge < -0.3 is 24.3 Å². The molecule has 0 atom stereocenters. The van der Waals surface area contributed by atoms with Crippen LogP contribution in [0.2, 0.25) is 0 Å². The highest BCUT2D eigenvalue weighted by atomic mass is 16.5. The smallest absolute Gasteiger partial charge is 0.331 e. The second kappa shape index (κ2) is 10.8. The normalized spacial score (nSPS) is 10.5. The van der Waals surface area contributed by atoms with E-state index in [1.54, 1.807) is 12.1 Å². The molecule has 1 amide bonds. The Kier molecular flexibility index (Phi) is 8.09. The topological polar surface area (TPSA) is 83.1 Å². The van der Waals surface area contributed by atoms with Gasteiger partial charge in [-0.25, -0.2) is 4.79 Å². The van der Waals surface area contributed by atoms with Gasteiger partial charge in [-0.05, 0) is 41.8 Å². The van der Waals surface area contributed by atoms with E-state index in [4.69, 9.17) is 18.9 Å². The maximum absolute atomic E-state index is 12.0. The van der Waals surface area contributed by atoms with Crippen LogP contribution in [-0.4, -0.2) is 39.8 Å². The highest BCUT2D eigenvalue weighted by molar-refractivity contribution is 5.95. The molecule has 0 aromatic heterocycles. The molecule has 0 radical (unpaired) electrons. The van der Waals surface area contributed by atoms with Gasteiger partial charge in [0.15, 0.2) is 18.1 Å². The van der Waals surface area contributed by atoms with Crippen LogP contribution in [0, 0.1) is 0 Å². The molecule has 0 fully saturated rings. The van der Waals surface area contributed by atoms with Gasteiger partial charge in [0, 0.05) is 11.8 Å². The average Bonchev–Trinajstić information content (AvgIpc) is 2.75. The van der Waals surface area contributed by atoms with Gasteiger partial charge in [-0.1, -0.05) is 25.1 Å². The van der Waals surface area contributed by atoms with Crippen LogP contribution >= 0.6 is 0 Å². The Labute approximate surface area is 170 Å². The third-order valence-electron chi connectivity index (χ3n) is 4.12. The van der Waals surface area contributed by atoms with Crippen molar-refractivity contribution in [2.45, 2.75) is 13.3 Å². The number of para-hydroxylation sites is 1. The lowest BCUT2D eigenvalue weighted by molar-refractivity contribution is -0.142. The zero-order valence-corrected chi connectivity index (χ0v) is 17.0. The Bertz CT molecular complexity index is 866. The maximum atomic E-state index is 12.0. The quantitative estimate of drug-likeness (QED) is 0.514. The molecular weight excluding hydrogens is 374 g/mol. The summed E-state index contributed by atoms with van der Waals surface area (Å²) in [5, 5.41) is 2.75. The molecule has 0 aliphatic heterocycles. The van der Waals surface area contributed by atoms with Gasteiger partial charge in [0.2, 0.25) is 5.75 Å². The number of aryl methyl sites for hydroxylation is 1. The molecular formula is C22H25NO6. The van der Waals surface area contributed by atoms with Crippen molar-refractivity contribution < 1.29 is 28.5 Å². The number of benzene rings is 2. The van der Waals surface area contributed by atoms with Gasteiger partial charge in [0.1, 0.15) is 0 Å². The lowest BCUT2D eigenvalue weighted by Gasteiger charge is -2.12. The SMILES string of the molecule is CCc1ccccc1NC(=O)COC(=O)/C=C/c1cc(OC)c(OC)c(OC)c1. The first-order valence-electron chi connectivity index (χ1n) is 9.05. The number of methoxy groups -OCH3 is 3. The van der Waals surface area contributed by atoms with Crippen LogP contribution in [0.3, 0.4) is 0 Å². The molecule has 0 bridgehead atoms. The highest BCUT2D eigenvalue weighted by Gasteiger charge is 2.12. The molecule has 0 spiro atoms. The minimum atomic E-state index is -0.641. The second-order valence-electron chi connectivity index (χ2n) is 5.96. The third-order valence-corrected chi connectivity index (χ3v) is 4.12. The molecule has 0 aliphatic carbocycles. The minimum absolute atomic E-state index is 0.378. The van der Waals surface area contributed by atoms with Crippen LogP contribution in [0.1, 0.15) is 18.1 Å². The second-order valence-corrected chi connectivity index (χ2v) is 5.96. The molecule has 0 saturated heterocycles. The fourth-order valence-electron chi connectivity index (χ4n) is 2.68. The minimum Gasteiger partial charge on any atom is -0.493 e. The van der Waals surface area contributed by atoms with E-state index in [2.05, 4.69) is 5.32 Å². The van der Waals surface area contributed by atoms with Gasteiger partial charge in [0.25, 0.3) is 5.91 Å². The zero-order chi connectivity index (χ0) is 21.2. The first-order chi connectivity index (χ1) is 14.0. The molecule has 0 aliphatic rings. The van der Waals surface area contributed by atoms with Gasteiger partial charge in [0.05, 0.1) is 21.3 Å².